The Labute approximate surface area is 180 Å². The van der Waals surface area contributed by atoms with E-state index in [4.69, 9.17) is 9.94 Å². The van der Waals surface area contributed by atoms with Crippen molar-refractivity contribution in [3.05, 3.63) is 54.3 Å². The van der Waals surface area contributed by atoms with Crippen molar-refractivity contribution in [2.24, 2.45) is 5.92 Å². The van der Waals surface area contributed by atoms with Crippen LogP contribution in [0.5, 0.6) is 11.5 Å². The minimum atomic E-state index is -3.97. The second kappa shape index (κ2) is 8.91. The van der Waals surface area contributed by atoms with Gasteiger partial charge >= 0.3 is 0 Å². The number of hydrogen-bond acceptors (Lipinski definition) is 6. The minimum absolute atomic E-state index is 0.0188. The third-order valence-corrected chi connectivity index (χ3v) is 7.44. The van der Waals surface area contributed by atoms with Gasteiger partial charge in [0.05, 0.1) is 4.90 Å². The van der Waals surface area contributed by atoms with Crippen LogP contribution in [0.3, 0.4) is 0 Å². The molecule has 2 fully saturated rings. The van der Waals surface area contributed by atoms with Gasteiger partial charge in [-0.2, -0.15) is 4.31 Å². The van der Waals surface area contributed by atoms with Crippen molar-refractivity contribution >= 4 is 15.9 Å². The lowest BCUT2D eigenvalue weighted by Crippen LogP contribution is -2.60. The SMILES string of the molecule is O=C(NO)[C@H]1CN(CC2CC2)CCN1S(=O)(=O)c1ccc(Oc2ccc(F)cc2)cc1. The number of hydroxylamine groups is 1. The predicted molar refractivity (Wildman–Crippen MR) is 110 cm³/mol. The molecule has 1 amide bonds. The van der Waals surface area contributed by atoms with Crippen molar-refractivity contribution < 1.29 is 27.5 Å². The van der Waals surface area contributed by atoms with Crippen molar-refractivity contribution in [3.8, 4) is 11.5 Å². The summed E-state index contributed by atoms with van der Waals surface area (Å²) in [5.74, 6) is 0.287. The molecule has 1 saturated heterocycles. The summed E-state index contributed by atoms with van der Waals surface area (Å²) in [7, 11) is -3.97. The van der Waals surface area contributed by atoms with Crippen LogP contribution in [0.2, 0.25) is 0 Å². The number of ether oxygens (including phenoxy) is 1. The molecule has 1 aliphatic carbocycles. The van der Waals surface area contributed by atoms with Crippen LogP contribution in [-0.4, -0.2) is 61.0 Å². The highest BCUT2D eigenvalue weighted by Gasteiger charge is 2.41. The number of nitrogens with zero attached hydrogens (tertiary/aromatic N) is 2. The Balaban J connectivity index is 1.50. The highest BCUT2D eigenvalue weighted by atomic mass is 32.2. The number of nitrogens with one attached hydrogen (secondary N) is 1. The molecule has 0 aromatic heterocycles. The molecule has 2 aromatic carbocycles. The average molecular weight is 450 g/mol. The van der Waals surface area contributed by atoms with E-state index < -0.39 is 22.0 Å². The van der Waals surface area contributed by atoms with E-state index in [-0.39, 0.29) is 23.8 Å². The summed E-state index contributed by atoms with van der Waals surface area (Å²) in [5, 5.41) is 9.14. The van der Waals surface area contributed by atoms with E-state index >= 15 is 0 Å². The van der Waals surface area contributed by atoms with Gasteiger partial charge in [0.1, 0.15) is 23.4 Å². The summed E-state index contributed by atoms with van der Waals surface area (Å²) in [6, 6.07) is 10.3. The second-order valence-corrected chi connectivity index (χ2v) is 9.73. The Kier molecular flexibility index (Phi) is 6.24. The lowest BCUT2D eigenvalue weighted by atomic mass is 10.2. The summed E-state index contributed by atoms with van der Waals surface area (Å²) >= 11 is 0. The van der Waals surface area contributed by atoms with E-state index in [0.29, 0.717) is 24.0 Å². The van der Waals surface area contributed by atoms with Crippen LogP contribution >= 0.6 is 0 Å². The third kappa shape index (κ3) is 5.04. The van der Waals surface area contributed by atoms with Gasteiger partial charge in [0.2, 0.25) is 10.0 Å². The number of rotatable bonds is 7. The van der Waals surface area contributed by atoms with E-state index in [1.54, 1.807) is 5.48 Å². The molecule has 166 valence electrons. The molecule has 2 N–H and O–H groups in total. The number of halogens is 1. The first-order valence-corrected chi connectivity index (χ1v) is 11.5. The third-order valence-electron chi connectivity index (χ3n) is 5.52. The van der Waals surface area contributed by atoms with E-state index in [9.17, 15) is 17.6 Å². The van der Waals surface area contributed by atoms with Crippen LogP contribution in [-0.2, 0) is 14.8 Å². The Morgan fingerprint density at radius 2 is 1.68 bits per heavy atom. The largest absolute Gasteiger partial charge is 0.457 e. The van der Waals surface area contributed by atoms with Gasteiger partial charge in [-0.1, -0.05) is 0 Å². The first kappa shape index (κ1) is 21.7. The van der Waals surface area contributed by atoms with Crippen molar-refractivity contribution in [2.75, 3.05) is 26.2 Å². The summed E-state index contributed by atoms with van der Waals surface area (Å²) in [6.45, 7) is 1.74. The summed E-state index contributed by atoms with van der Waals surface area (Å²) in [4.78, 5) is 14.3. The maximum Gasteiger partial charge on any atom is 0.263 e. The number of piperazine rings is 1. The number of benzene rings is 2. The topological polar surface area (TPSA) is 99.2 Å². The molecular formula is C21H24FN3O5S. The zero-order valence-electron chi connectivity index (χ0n) is 16.8. The highest BCUT2D eigenvalue weighted by molar-refractivity contribution is 7.89. The number of carbonyl (C=O) groups is 1. The molecular weight excluding hydrogens is 425 g/mol. The van der Waals surface area contributed by atoms with Crippen molar-refractivity contribution in [1.82, 2.24) is 14.7 Å². The van der Waals surface area contributed by atoms with Gasteiger partial charge < -0.3 is 4.74 Å². The fourth-order valence-corrected chi connectivity index (χ4v) is 5.25. The van der Waals surface area contributed by atoms with Gasteiger partial charge in [-0.05, 0) is 67.3 Å². The molecule has 1 aliphatic heterocycles. The molecule has 1 heterocycles. The Bertz CT molecular complexity index is 1030. The van der Waals surface area contributed by atoms with E-state index in [0.717, 1.165) is 23.7 Å². The monoisotopic (exact) mass is 449 g/mol. The normalized spacial score (nSPS) is 20.4. The molecule has 0 spiro atoms. The van der Waals surface area contributed by atoms with Crippen molar-refractivity contribution in [3.63, 3.8) is 0 Å². The van der Waals surface area contributed by atoms with Gasteiger partial charge in [-0.25, -0.2) is 18.3 Å². The van der Waals surface area contributed by atoms with E-state index in [1.807, 2.05) is 0 Å². The van der Waals surface area contributed by atoms with E-state index in [1.165, 1.54) is 48.5 Å². The van der Waals surface area contributed by atoms with Gasteiger partial charge in [-0.15, -0.1) is 0 Å². The highest BCUT2D eigenvalue weighted by Crippen LogP contribution is 2.31. The first-order chi connectivity index (χ1) is 14.9. The van der Waals surface area contributed by atoms with Gasteiger partial charge in [-0.3, -0.25) is 14.9 Å². The number of sulfonamides is 1. The molecule has 4 rings (SSSR count). The molecule has 0 bridgehead atoms. The van der Waals surface area contributed by atoms with E-state index in [2.05, 4.69) is 4.90 Å². The van der Waals surface area contributed by atoms with Gasteiger partial charge in [0.25, 0.3) is 5.91 Å². The Morgan fingerprint density at radius 3 is 2.26 bits per heavy atom. The molecule has 0 radical (unpaired) electrons. The molecule has 8 nitrogen and oxygen atoms in total. The Morgan fingerprint density at radius 1 is 1.06 bits per heavy atom. The molecule has 0 unspecified atom stereocenters. The van der Waals surface area contributed by atoms with Crippen LogP contribution < -0.4 is 10.2 Å². The van der Waals surface area contributed by atoms with Gasteiger partial charge in [0, 0.05) is 26.2 Å². The number of amides is 1. The minimum Gasteiger partial charge on any atom is -0.457 e. The maximum atomic E-state index is 13.2. The van der Waals surface area contributed by atoms with Crippen molar-refractivity contribution in [2.45, 2.75) is 23.8 Å². The van der Waals surface area contributed by atoms with Crippen LogP contribution in [0.25, 0.3) is 0 Å². The molecule has 2 aromatic rings. The van der Waals surface area contributed by atoms with Crippen LogP contribution in [0.1, 0.15) is 12.8 Å². The standard InChI is InChI=1S/C21H24FN3O5S/c22-16-3-5-17(6-4-16)30-18-7-9-19(10-8-18)31(28,29)25-12-11-24(13-15-1-2-15)14-20(25)21(26)23-27/h3-10,15,20,27H,1-2,11-14H2,(H,23,26)/t20-/m1/s1. The zero-order valence-corrected chi connectivity index (χ0v) is 17.6. The van der Waals surface area contributed by atoms with Crippen LogP contribution in [0, 0.1) is 11.7 Å². The predicted octanol–water partition coefficient (Wildman–Crippen LogP) is 2.21. The van der Waals surface area contributed by atoms with Gasteiger partial charge in [0.15, 0.2) is 0 Å². The second-order valence-electron chi connectivity index (χ2n) is 7.84. The summed E-state index contributed by atoms with van der Waals surface area (Å²) in [6.07, 6.45) is 2.31. The molecule has 31 heavy (non-hydrogen) atoms. The van der Waals surface area contributed by atoms with Crippen LogP contribution in [0.15, 0.2) is 53.4 Å². The Hall–Kier alpha value is -2.53. The quantitative estimate of drug-likeness (QED) is 0.497. The lowest BCUT2D eigenvalue weighted by Gasteiger charge is -2.39. The lowest BCUT2D eigenvalue weighted by molar-refractivity contribution is -0.135. The molecule has 1 saturated carbocycles. The summed E-state index contributed by atoms with van der Waals surface area (Å²) < 4.78 is 46.2. The fraction of sp³-hybridized carbons (Fsp3) is 0.381. The number of carbonyl (C=O) groups excluding carboxylic acids is 1. The fourth-order valence-electron chi connectivity index (χ4n) is 3.68. The zero-order chi connectivity index (χ0) is 22.0. The molecule has 1 atom stereocenters. The summed E-state index contributed by atoms with van der Waals surface area (Å²) in [5.41, 5.74) is 1.60. The van der Waals surface area contributed by atoms with Crippen molar-refractivity contribution in [1.29, 1.82) is 0 Å². The van der Waals surface area contributed by atoms with Crippen LogP contribution in [0.4, 0.5) is 4.39 Å². The number of hydrogen-bond donors (Lipinski definition) is 2. The molecule has 2 aliphatic rings. The first-order valence-electron chi connectivity index (χ1n) is 10.1. The maximum absolute atomic E-state index is 13.2. The smallest absolute Gasteiger partial charge is 0.263 e. The molecule has 10 heteroatoms. The average Bonchev–Trinajstić information content (AvgIpc) is 3.59.